The molecule has 0 amide bonds. The van der Waals surface area contributed by atoms with Crippen molar-refractivity contribution in [3.63, 3.8) is 0 Å². The Morgan fingerprint density at radius 1 is 1.41 bits per heavy atom. The lowest BCUT2D eigenvalue weighted by molar-refractivity contribution is -0.0293. The van der Waals surface area contributed by atoms with Gasteiger partial charge in [-0.25, -0.2) is 9.97 Å². The predicted octanol–water partition coefficient (Wildman–Crippen LogP) is 2.65. The second kappa shape index (κ2) is 5.36. The van der Waals surface area contributed by atoms with Crippen LogP contribution in [0.1, 0.15) is 55.5 Å². The summed E-state index contributed by atoms with van der Waals surface area (Å²) in [6.45, 7) is 7.44. The number of hydrogen-bond acceptors (Lipinski definition) is 4. The molecule has 0 bridgehead atoms. The maximum Gasteiger partial charge on any atom is 0.163 e. The van der Waals surface area contributed by atoms with E-state index >= 15 is 0 Å². The number of methoxy groups -OCH3 is 1. The second-order valence-corrected chi connectivity index (χ2v) is 4.15. The van der Waals surface area contributed by atoms with Crippen molar-refractivity contribution >= 4 is 5.78 Å². The number of aryl methyl sites for hydroxylation is 1. The average molecular weight is 236 g/mol. The molecule has 0 spiro atoms. The van der Waals surface area contributed by atoms with E-state index in [9.17, 15) is 4.79 Å². The third-order valence-electron chi connectivity index (χ3n) is 3.30. The molecule has 0 aliphatic rings. The Balaban J connectivity index is 3.24. The number of ketones is 1. The van der Waals surface area contributed by atoms with E-state index in [1.54, 1.807) is 13.3 Å². The van der Waals surface area contributed by atoms with E-state index in [4.69, 9.17) is 4.74 Å². The molecule has 1 aromatic rings. The first-order chi connectivity index (χ1) is 8.00. The van der Waals surface area contributed by atoms with Gasteiger partial charge in [0.05, 0.1) is 11.3 Å². The van der Waals surface area contributed by atoms with E-state index in [-0.39, 0.29) is 5.78 Å². The van der Waals surface area contributed by atoms with Crippen molar-refractivity contribution in [2.24, 2.45) is 0 Å². The summed E-state index contributed by atoms with van der Waals surface area (Å²) in [4.78, 5) is 20.0. The molecule has 0 aliphatic heterocycles. The number of nitrogens with zero attached hydrogens (tertiary/aromatic N) is 2. The van der Waals surface area contributed by atoms with Crippen LogP contribution in [0.2, 0.25) is 0 Å². The van der Waals surface area contributed by atoms with Crippen LogP contribution in [-0.2, 0) is 10.3 Å². The predicted molar refractivity (Wildman–Crippen MR) is 66.0 cm³/mol. The fraction of sp³-hybridized carbons (Fsp3) is 0.615. The molecular weight excluding hydrogens is 216 g/mol. The van der Waals surface area contributed by atoms with Gasteiger partial charge in [0, 0.05) is 13.3 Å². The highest BCUT2D eigenvalue weighted by molar-refractivity contribution is 5.94. The lowest BCUT2D eigenvalue weighted by Crippen LogP contribution is -2.30. The van der Waals surface area contributed by atoms with Gasteiger partial charge in [-0.3, -0.25) is 4.79 Å². The SMILES string of the molecule is CCC(CC)(OC)c1ncc(C(C)=O)c(C)n1. The van der Waals surface area contributed by atoms with Gasteiger partial charge in [0.15, 0.2) is 11.6 Å². The number of ether oxygens (including phenoxy) is 1. The van der Waals surface area contributed by atoms with Crippen LogP contribution in [0.5, 0.6) is 0 Å². The van der Waals surface area contributed by atoms with Crippen molar-refractivity contribution in [3.8, 4) is 0 Å². The molecule has 4 nitrogen and oxygen atoms in total. The van der Waals surface area contributed by atoms with Gasteiger partial charge in [0.1, 0.15) is 5.60 Å². The topological polar surface area (TPSA) is 52.1 Å². The smallest absolute Gasteiger partial charge is 0.163 e. The van der Waals surface area contributed by atoms with E-state index in [0.29, 0.717) is 17.1 Å². The monoisotopic (exact) mass is 236 g/mol. The average Bonchev–Trinajstić information content (AvgIpc) is 2.32. The zero-order valence-corrected chi connectivity index (χ0v) is 11.2. The van der Waals surface area contributed by atoms with Crippen LogP contribution in [0, 0.1) is 6.92 Å². The summed E-state index contributed by atoms with van der Waals surface area (Å²) in [7, 11) is 1.67. The molecule has 1 aromatic heterocycles. The Kier molecular flexibility index (Phi) is 4.34. The standard InChI is InChI=1S/C13H20N2O2/c1-6-13(7-2,17-5)12-14-8-11(10(4)16)9(3)15-12/h8H,6-7H2,1-5H3. The highest BCUT2D eigenvalue weighted by Gasteiger charge is 2.31. The van der Waals surface area contributed by atoms with Crippen LogP contribution >= 0.6 is 0 Å². The van der Waals surface area contributed by atoms with Gasteiger partial charge in [0.2, 0.25) is 0 Å². The summed E-state index contributed by atoms with van der Waals surface area (Å²) in [6.07, 6.45) is 3.21. The van der Waals surface area contributed by atoms with E-state index in [0.717, 1.165) is 12.8 Å². The molecule has 0 radical (unpaired) electrons. The van der Waals surface area contributed by atoms with Crippen LogP contribution in [0.3, 0.4) is 0 Å². The van der Waals surface area contributed by atoms with Gasteiger partial charge in [-0.1, -0.05) is 13.8 Å². The maximum atomic E-state index is 11.3. The quantitative estimate of drug-likeness (QED) is 0.737. The summed E-state index contributed by atoms with van der Waals surface area (Å²) in [5.74, 6) is 0.651. The minimum Gasteiger partial charge on any atom is -0.370 e. The zero-order chi connectivity index (χ0) is 13.1. The first-order valence-electron chi connectivity index (χ1n) is 5.91. The highest BCUT2D eigenvalue weighted by Crippen LogP contribution is 2.29. The summed E-state index contributed by atoms with van der Waals surface area (Å²) in [6, 6.07) is 0. The number of carbonyl (C=O) groups is 1. The normalized spacial score (nSPS) is 11.6. The summed E-state index contributed by atoms with van der Waals surface area (Å²) < 4.78 is 5.57. The van der Waals surface area contributed by atoms with E-state index < -0.39 is 5.60 Å². The lowest BCUT2D eigenvalue weighted by Gasteiger charge is -2.28. The summed E-state index contributed by atoms with van der Waals surface area (Å²) >= 11 is 0. The Bertz CT molecular complexity index is 404. The third-order valence-corrected chi connectivity index (χ3v) is 3.30. The molecule has 0 N–H and O–H groups in total. The first kappa shape index (κ1) is 13.8. The Morgan fingerprint density at radius 3 is 2.35 bits per heavy atom. The van der Waals surface area contributed by atoms with Gasteiger partial charge in [-0.2, -0.15) is 0 Å². The number of aromatic nitrogens is 2. The molecule has 1 rings (SSSR count). The molecule has 0 fully saturated rings. The fourth-order valence-corrected chi connectivity index (χ4v) is 1.98. The third kappa shape index (κ3) is 2.52. The van der Waals surface area contributed by atoms with Crippen LogP contribution < -0.4 is 0 Å². The van der Waals surface area contributed by atoms with Gasteiger partial charge in [-0.15, -0.1) is 0 Å². The van der Waals surface area contributed by atoms with Gasteiger partial charge in [0.25, 0.3) is 0 Å². The largest absolute Gasteiger partial charge is 0.370 e. The van der Waals surface area contributed by atoms with Crippen molar-refractivity contribution in [1.82, 2.24) is 9.97 Å². The van der Waals surface area contributed by atoms with Gasteiger partial charge >= 0.3 is 0 Å². The van der Waals surface area contributed by atoms with Gasteiger partial charge in [-0.05, 0) is 26.7 Å². The number of carbonyl (C=O) groups excluding carboxylic acids is 1. The van der Waals surface area contributed by atoms with Crippen molar-refractivity contribution < 1.29 is 9.53 Å². The van der Waals surface area contributed by atoms with E-state index in [1.807, 2.05) is 20.8 Å². The molecule has 0 aliphatic carbocycles. The lowest BCUT2D eigenvalue weighted by atomic mass is 9.95. The van der Waals surface area contributed by atoms with Crippen LogP contribution in [-0.4, -0.2) is 22.9 Å². The van der Waals surface area contributed by atoms with E-state index in [2.05, 4.69) is 9.97 Å². The first-order valence-corrected chi connectivity index (χ1v) is 5.91. The van der Waals surface area contributed by atoms with Crippen molar-refractivity contribution in [2.45, 2.75) is 46.1 Å². The second-order valence-electron chi connectivity index (χ2n) is 4.15. The van der Waals surface area contributed by atoms with Crippen LogP contribution in [0.25, 0.3) is 0 Å². The Hall–Kier alpha value is -1.29. The molecule has 17 heavy (non-hydrogen) atoms. The molecule has 1 heterocycles. The maximum absolute atomic E-state index is 11.3. The number of rotatable bonds is 5. The van der Waals surface area contributed by atoms with Crippen molar-refractivity contribution in [1.29, 1.82) is 0 Å². The molecule has 94 valence electrons. The zero-order valence-electron chi connectivity index (χ0n) is 11.2. The molecule has 0 atom stereocenters. The van der Waals surface area contributed by atoms with Crippen LogP contribution in [0.15, 0.2) is 6.20 Å². The van der Waals surface area contributed by atoms with Gasteiger partial charge < -0.3 is 4.74 Å². The Labute approximate surface area is 102 Å². The number of Topliss-reactive ketones (excluding diaryl/α,β-unsaturated/α-hetero) is 1. The van der Waals surface area contributed by atoms with Crippen molar-refractivity contribution in [3.05, 3.63) is 23.3 Å². The minimum absolute atomic E-state index is 0.00920. The van der Waals surface area contributed by atoms with E-state index in [1.165, 1.54) is 6.92 Å². The molecule has 4 heteroatoms. The fourth-order valence-electron chi connectivity index (χ4n) is 1.98. The minimum atomic E-state index is -0.444. The number of hydrogen-bond donors (Lipinski definition) is 0. The summed E-state index contributed by atoms with van der Waals surface area (Å²) in [5.41, 5.74) is 0.844. The highest BCUT2D eigenvalue weighted by atomic mass is 16.5. The van der Waals surface area contributed by atoms with Crippen molar-refractivity contribution in [2.75, 3.05) is 7.11 Å². The van der Waals surface area contributed by atoms with Crippen LogP contribution in [0.4, 0.5) is 0 Å². The molecule has 0 saturated carbocycles. The molecule has 0 aromatic carbocycles. The molecule has 0 saturated heterocycles. The molecule has 0 unspecified atom stereocenters. The Morgan fingerprint density at radius 2 is 2.00 bits per heavy atom. The molecular formula is C13H20N2O2. The summed E-state index contributed by atoms with van der Waals surface area (Å²) in [5, 5.41) is 0.